The number of aromatic nitrogens is 1. The van der Waals surface area contributed by atoms with E-state index in [0.717, 1.165) is 40.7 Å². The molecule has 158 valence electrons. The summed E-state index contributed by atoms with van der Waals surface area (Å²) in [5.41, 5.74) is 1.92. The van der Waals surface area contributed by atoms with Gasteiger partial charge < -0.3 is 9.88 Å². The number of rotatable bonds is 6. The van der Waals surface area contributed by atoms with E-state index in [9.17, 15) is 4.79 Å². The second-order valence-corrected chi connectivity index (χ2v) is 10.7. The zero-order valence-electron chi connectivity index (χ0n) is 16.8. The molecule has 0 spiro atoms. The van der Waals surface area contributed by atoms with Crippen molar-refractivity contribution in [2.45, 2.75) is 19.5 Å². The Morgan fingerprint density at radius 2 is 1.97 bits per heavy atom. The summed E-state index contributed by atoms with van der Waals surface area (Å²) in [5.74, 6) is 2.39. The Hall–Kier alpha value is -1.38. The summed E-state index contributed by atoms with van der Waals surface area (Å²) < 4.78 is 2.90. The highest BCUT2D eigenvalue weighted by Crippen LogP contribution is 2.29. The largest absolute Gasteiger partial charge is 0.352 e. The summed E-state index contributed by atoms with van der Waals surface area (Å²) in [7, 11) is 2.03. The van der Waals surface area contributed by atoms with Gasteiger partial charge in [-0.15, -0.1) is 11.3 Å². The van der Waals surface area contributed by atoms with Crippen LogP contribution in [0.2, 0.25) is 5.02 Å². The van der Waals surface area contributed by atoms with Gasteiger partial charge in [0.1, 0.15) is 4.83 Å². The van der Waals surface area contributed by atoms with Crippen molar-refractivity contribution in [3.05, 3.63) is 62.1 Å². The number of pyridine rings is 1. The van der Waals surface area contributed by atoms with Crippen molar-refractivity contribution in [1.29, 1.82) is 0 Å². The van der Waals surface area contributed by atoms with Crippen LogP contribution < -0.4 is 5.32 Å². The van der Waals surface area contributed by atoms with Crippen molar-refractivity contribution < 1.29 is 4.79 Å². The minimum atomic E-state index is -0.0309. The number of fused-ring (bicyclic) bond motifs is 1. The van der Waals surface area contributed by atoms with Crippen LogP contribution in [0.1, 0.15) is 16.0 Å². The van der Waals surface area contributed by atoms with Crippen molar-refractivity contribution >= 4 is 63.0 Å². The van der Waals surface area contributed by atoms with Gasteiger partial charge >= 0.3 is 0 Å². The van der Waals surface area contributed by atoms with Gasteiger partial charge in [0.2, 0.25) is 5.91 Å². The van der Waals surface area contributed by atoms with E-state index >= 15 is 0 Å². The van der Waals surface area contributed by atoms with Crippen LogP contribution in [0.15, 0.2) is 36.5 Å². The highest BCUT2D eigenvalue weighted by Gasteiger charge is 2.15. The Morgan fingerprint density at radius 1 is 1.23 bits per heavy atom. The van der Waals surface area contributed by atoms with Gasteiger partial charge in [0, 0.05) is 66.2 Å². The molecule has 1 aliphatic rings. The van der Waals surface area contributed by atoms with E-state index < -0.39 is 0 Å². The molecule has 0 unspecified atom stereocenters. The molecule has 3 aromatic rings. The molecule has 1 aliphatic heterocycles. The molecule has 1 saturated heterocycles. The highest BCUT2D eigenvalue weighted by atomic mass is 35.5. The Morgan fingerprint density at radius 3 is 2.70 bits per heavy atom. The van der Waals surface area contributed by atoms with Gasteiger partial charge in [-0.1, -0.05) is 36.0 Å². The van der Waals surface area contributed by atoms with Crippen LogP contribution in [0.4, 0.5) is 0 Å². The Bertz CT molecular complexity index is 1100. The first-order chi connectivity index (χ1) is 14.5. The molecule has 0 bridgehead atoms. The van der Waals surface area contributed by atoms with Crippen LogP contribution in [-0.2, 0) is 31.4 Å². The van der Waals surface area contributed by atoms with Crippen molar-refractivity contribution in [3.63, 3.8) is 0 Å². The zero-order chi connectivity index (χ0) is 21.1. The molecule has 2 aromatic heterocycles. The minimum Gasteiger partial charge on any atom is -0.352 e. The summed E-state index contributed by atoms with van der Waals surface area (Å²) >= 11 is 15.5. The second kappa shape index (κ2) is 9.83. The van der Waals surface area contributed by atoms with Crippen LogP contribution in [0.25, 0.3) is 10.2 Å². The summed E-state index contributed by atoms with van der Waals surface area (Å²) in [6.07, 6.45) is 2.29. The minimum absolute atomic E-state index is 0.0309. The third-order valence-corrected chi connectivity index (χ3v) is 8.09. The topological polar surface area (TPSA) is 37.3 Å². The monoisotopic (exact) mass is 477 g/mol. The molecule has 0 radical (unpaired) electrons. The van der Waals surface area contributed by atoms with Crippen LogP contribution in [0.3, 0.4) is 0 Å². The Balaban J connectivity index is 1.47. The summed E-state index contributed by atoms with van der Waals surface area (Å²) in [4.78, 5) is 17.5. The lowest BCUT2D eigenvalue weighted by Crippen LogP contribution is -2.31. The number of hydrogen-bond acceptors (Lipinski definition) is 5. The van der Waals surface area contributed by atoms with Crippen LogP contribution >= 0.6 is 46.9 Å². The van der Waals surface area contributed by atoms with E-state index in [1.54, 1.807) is 11.3 Å². The van der Waals surface area contributed by atoms with E-state index in [4.69, 9.17) is 23.8 Å². The molecule has 1 fully saturated rings. The van der Waals surface area contributed by atoms with Crippen LogP contribution in [0, 0.1) is 4.51 Å². The average molecular weight is 478 g/mol. The van der Waals surface area contributed by atoms with E-state index in [2.05, 4.69) is 20.9 Å². The first kappa shape index (κ1) is 21.8. The van der Waals surface area contributed by atoms with Gasteiger partial charge in [0.05, 0.1) is 10.9 Å². The van der Waals surface area contributed by atoms with Gasteiger partial charge in [-0.2, -0.15) is 11.8 Å². The summed E-state index contributed by atoms with van der Waals surface area (Å²) in [6, 6.07) is 9.71. The lowest BCUT2D eigenvalue weighted by molar-refractivity contribution is -0.120. The fourth-order valence-electron chi connectivity index (χ4n) is 3.60. The molecule has 30 heavy (non-hydrogen) atoms. The predicted molar refractivity (Wildman–Crippen MR) is 131 cm³/mol. The predicted octanol–water partition coefficient (Wildman–Crippen LogP) is 5.03. The molecular weight excluding hydrogens is 454 g/mol. The van der Waals surface area contributed by atoms with E-state index in [-0.39, 0.29) is 12.3 Å². The maximum Gasteiger partial charge on any atom is 0.224 e. The quantitative estimate of drug-likeness (QED) is 0.505. The number of amides is 1. The van der Waals surface area contributed by atoms with Gasteiger partial charge in [-0.05, 0) is 29.3 Å². The van der Waals surface area contributed by atoms with Gasteiger partial charge in [-0.3, -0.25) is 9.69 Å². The average Bonchev–Trinajstić information content (AvgIpc) is 3.17. The summed E-state index contributed by atoms with van der Waals surface area (Å²) in [6.45, 7) is 3.75. The molecule has 0 aliphatic carbocycles. The third kappa shape index (κ3) is 5.26. The van der Waals surface area contributed by atoms with Crippen molar-refractivity contribution in [3.8, 4) is 0 Å². The summed E-state index contributed by atoms with van der Waals surface area (Å²) in [5, 5.41) is 4.75. The zero-order valence-corrected chi connectivity index (χ0v) is 20.0. The number of thioether (sulfide) groups is 1. The van der Waals surface area contributed by atoms with Gasteiger partial charge in [0.25, 0.3) is 0 Å². The fraction of sp³-hybridized carbons (Fsp3) is 0.364. The molecule has 1 amide bonds. The van der Waals surface area contributed by atoms with E-state index in [0.29, 0.717) is 11.6 Å². The molecule has 3 heterocycles. The molecular formula is C22H24ClN3OS3. The fourth-order valence-corrected chi connectivity index (χ4v) is 6.19. The maximum absolute atomic E-state index is 12.5. The molecule has 0 atom stereocenters. The number of aryl methyl sites for hydroxylation is 1. The second-order valence-electron chi connectivity index (χ2n) is 7.49. The number of halogens is 1. The molecule has 0 saturated carbocycles. The molecule has 1 N–H and O–H groups in total. The molecule has 8 heteroatoms. The lowest BCUT2D eigenvalue weighted by atomic mass is 10.1. The molecule has 4 rings (SSSR count). The Kier molecular flexibility index (Phi) is 7.16. The first-order valence-electron chi connectivity index (χ1n) is 9.92. The van der Waals surface area contributed by atoms with Crippen LogP contribution in [0.5, 0.6) is 0 Å². The normalized spacial score (nSPS) is 14.9. The van der Waals surface area contributed by atoms with E-state index in [1.165, 1.54) is 21.2 Å². The van der Waals surface area contributed by atoms with Crippen molar-refractivity contribution in [2.75, 3.05) is 24.6 Å². The van der Waals surface area contributed by atoms with E-state index in [1.807, 2.05) is 49.3 Å². The van der Waals surface area contributed by atoms with Crippen molar-refractivity contribution in [1.82, 2.24) is 14.8 Å². The molecule has 4 nitrogen and oxygen atoms in total. The lowest BCUT2D eigenvalue weighted by Gasteiger charge is -2.25. The highest BCUT2D eigenvalue weighted by molar-refractivity contribution is 7.99. The number of hydrogen-bond donors (Lipinski definition) is 1. The number of benzene rings is 1. The number of nitrogens with one attached hydrogen (secondary N) is 1. The smallest absolute Gasteiger partial charge is 0.224 e. The number of thiophene rings is 1. The van der Waals surface area contributed by atoms with Crippen molar-refractivity contribution in [2.24, 2.45) is 7.05 Å². The van der Waals surface area contributed by atoms with Crippen LogP contribution in [-0.4, -0.2) is 40.0 Å². The standard InChI is InChI=1S/C22H24ClN3OS3/c1-25-13-16(10-20(27)24-12-15-2-4-17(23)5-3-15)21(28)19-11-18(30-22(19)25)14-26-6-8-29-9-7-26/h2-5,11,13H,6-10,12,14H2,1H3,(H,24,27). The molecule has 1 aromatic carbocycles. The number of carbonyl (C=O) groups excluding carboxylic acids is 1. The number of nitrogens with zero attached hydrogens (tertiary/aromatic N) is 2. The van der Waals surface area contributed by atoms with Gasteiger partial charge in [0.15, 0.2) is 0 Å². The number of carbonyl (C=O) groups is 1. The first-order valence-corrected chi connectivity index (χ1v) is 12.7. The van der Waals surface area contributed by atoms with Gasteiger partial charge in [-0.25, -0.2) is 0 Å². The SMILES string of the molecule is Cn1cc(CC(=O)NCc2ccc(Cl)cc2)c(=S)c2cc(CN3CCSCC3)sc21. The maximum atomic E-state index is 12.5. The Labute approximate surface area is 195 Å². The third-order valence-electron chi connectivity index (χ3n) is 5.21.